The van der Waals surface area contributed by atoms with Crippen molar-refractivity contribution in [1.29, 1.82) is 0 Å². The molecule has 0 aliphatic carbocycles. The Morgan fingerprint density at radius 2 is 0.434 bits per heavy atom. The lowest BCUT2D eigenvalue weighted by Gasteiger charge is -2.21. The number of phosphoric acid groups is 2. The van der Waals surface area contributed by atoms with Gasteiger partial charge in [-0.1, -0.05) is 414 Å². The Labute approximate surface area is 651 Å². The van der Waals surface area contributed by atoms with E-state index in [9.17, 15) is 43.2 Å². The van der Waals surface area contributed by atoms with Crippen molar-refractivity contribution in [2.24, 2.45) is 11.8 Å². The number of unbranched alkanes of at least 4 members (excludes halogenated alkanes) is 56. The summed E-state index contributed by atoms with van der Waals surface area (Å²) in [5.41, 5.74) is 0. The van der Waals surface area contributed by atoms with Crippen LogP contribution in [0.15, 0.2) is 0 Å². The molecule has 0 aliphatic heterocycles. The van der Waals surface area contributed by atoms with Crippen molar-refractivity contribution in [2.75, 3.05) is 39.6 Å². The monoisotopic (exact) mass is 1550 g/mol. The van der Waals surface area contributed by atoms with Gasteiger partial charge >= 0.3 is 39.5 Å². The molecule has 0 rings (SSSR count). The molecule has 0 aliphatic rings. The second kappa shape index (κ2) is 78.3. The number of phosphoric ester groups is 2. The van der Waals surface area contributed by atoms with E-state index in [0.29, 0.717) is 25.7 Å². The Bertz CT molecular complexity index is 2030. The van der Waals surface area contributed by atoms with Crippen molar-refractivity contribution in [3.63, 3.8) is 0 Å². The third kappa shape index (κ3) is 80.1. The normalized spacial score (nSPS) is 13.8. The van der Waals surface area contributed by atoms with Gasteiger partial charge in [0.05, 0.1) is 26.4 Å². The van der Waals surface area contributed by atoms with Crippen LogP contribution in [0.2, 0.25) is 0 Å². The van der Waals surface area contributed by atoms with Gasteiger partial charge in [-0.05, 0) is 37.5 Å². The topological polar surface area (TPSA) is 237 Å². The van der Waals surface area contributed by atoms with Crippen LogP contribution < -0.4 is 0 Å². The average Bonchev–Trinajstić information content (AvgIpc) is 0.921. The van der Waals surface area contributed by atoms with Crippen molar-refractivity contribution in [2.45, 2.75) is 484 Å². The van der Waals surface area contributed by atoms with Crippen LogP contribution in [0.5, 0.6) is 0 Å². The van der Waals surface area contributed by atoms with E-state index in [-0.39, 0.29) is 25.7 Å². The summed E-state index contributed by atoms with van der Waals surface area (Å²) >= 11 is 0. The fourth-order valence-electron chi connectivity index (χ4n) is 13.6. The van der Waals surface area contributed by atoms with E-state index in [0.717, 1.165) is 102 Å². The predicted octanol–water partition coefficient (Wildman–Crippen LogP) is 26.6. The second-order valence-electron chi connectivity index (χ2n) is 32.2. The summed E-state index contributed by atoms with van der Waals surface area (Å²) in [6.07, 6.45) is 70.8. The van der Waals surface area contributed by atoms with Crippen LogP contribution in [0.25, 0.3) is 0 Å². The van der Waals surface area contributed by atoms with E-state index < -0.39 is 97.5 Å². The van der Waals surface area contributed by atoms with Gasteiger partial charge in [-0.2, -0.15) is 0 Å². The average molecular weight is 1550 g/mol. The van der Waals surface area contributed by atoms with Crippen LogP contribution in [0.4, 0.5) is 0 Å². The van der Waals surface area contributed by atoms with Crippen LogP contribution in [0.3, 0.4) is 0 Å². The molecule has 0 radical (unpaired) electrons. The molecule has 0 aromatic carbocycles. The third-order valence-electron chi connectivity index (χ3n) is 20.5. The number of carbonyl (C=O) groups excluding carboxylic acids is 4. The van der Waals surface area contributed by atoms with Crippen molar-refractivity contribution in [3.8, 4) is 0 Å². The van der Waals surface area contributed by atoms with Crippen LogP contribution in [-0.2, 0) is 65.4 Å². The molecule has 0 spiro atoms. The lowest BCUT2D eigenvalue weighted by Crippen LogP contribution is -2.30. The molecule has 0 aromatic heterocycles. The molecule has 0 aromatic rings. The molecule has 19 heteroatoms. The molecule has 0 saturated heterocycles. The number of aliphatic hydroxyl groups is 1. The van der Waals surface area contributed by atoms with Gasteiger partial charge < -0.3 is 33.8 Å². The number of rotatable bonds is 86. The molecule has 0 fully saturated rings. The highest BCUT2D eigenvalue weighted by Gasteiger charge is 2.30. The summed E-state index contributed by atoms with van der Waals surface area (Å²) in [6.45, 7) is 9.72. The van der Waals surface area contributed by atoms with E-state index in [2.05, 4.69) is 41.5 Å². The Morgan fingerprint density at radius 1 is 0.255 bits per heavy atom. The highest BCUT2D eigenvalue weighted by Crippen LogP contribution is 2.45. The number of ether oxygens (including phenoxy) is 4. The predicted molar refractivity (Wildman–Crippen MR) is 437 cm³/mol. The molecule has 3 N–H and O–H groups in total. The molecule has 0 bridgehead atoms. The van der Waals surface area contributed by atoms with E-state index >= 15 is 0 Å². The highest BCUT2D eigenvalue weighted by atomic mass is 31.2. The molecule has 5 atom stereocenters. The number of esters is 4. The van der Waals surface area contributed by atoms with Crippen molar-refractivity contribution in [3.05, 3.63) is 0 Å². The van der Waals surface area contributed by atoms with E-state index in [4.69, 9.17) is 37.0 Å². The number of carbonyl (C=O) groups is 4. The number of hydrogen-bond donors (Lipinski definition) is 3. The first-order chi connectivity index (χ1) is 51.4. The van der Waals surface area contributed by atoms with Gasteiger partial charge in [0.1, 0.15) is 19.3 Å². The first-order valence-corrected chi connectivity index (χ1v) is 48.0. The third-order valence-corrected chi connectivity index (χ3v) is 22.4. The molecule has 106 heavy (non-hydrogen) atoms. The van der Waals surface area contributed by atoms with Gasteiger partial charge in [-0.25, -0.2) is 9.13 Å². The SMILES string of the molecule is CCCCCCCCCCCCCCCCCCCCCC(=O)OC[C@H](COP(=O)(O)OC[C@@H](O)COP(=O)(O)OC[C@@H](COC(=O)CCCCCCCCCCCC)OC(=O)CCCCCCCCCCCCCCCC(C)C)OC(=O)CCCCCCCCCCCCCCCCCCCCC(C)C. The Hall–Kier alpha value is -1.94. The molecule has 630 valence electrons. The maximum absolute atomic E-state index is 13.2. The number of aliphatic hydroxyl groups excluding tert-OH is 1. The fourth-order valence-corrected chi connectivity index (χ4v) is 15.2. The van der Waals surface area contributed by atoms with Gasteiger partial charge in [0, 0.05) is 25.7 Å². The van der Waals surface area contributed by atoms with Crippen LogP contribution in [0.1, 0.15) is 465 Å². The van der Waals surface area contributed by atoms with Crippen LogP contribution in [0, 0.1) is 11.8 Å². The lowest BCUT2D eigenvalue weighted by molar-refractivity contribution is -0.161. The largest absolute Gasteiger partial charge is 0.472 e. The highest BCUT2D eigenvalue weighted by molar-refractivity contribution is 7.47. The molecule has 0 heterocycles. The smallest absolute Gasteiger partial charge is 0.462 e. The van der Waals surface area contributed by atoms with Gasteiger partial charge in [-0.3, -0.25) is 37.3 Å². The Morgan fingerprint density at radius 3 is 0.642 bits per heavy atom. The van der Waals surface area contributed by atoms with Crippen molar-refractivity contribution < 1.29 is 80.2 Å². The van der Waals surface area contributed by atoms with Crippen LogP contribution in [-0.4, -0.2) is 96.7 Å². The molecule has 0 amide bonds. The minimum atomic E-state index is -4.97. The standard InChI is InChI=1S/C87H170O17P2/c1-7-9-11-13-15-17-19-20-21-22-23-27-30-35-40-46-52-58-64-70-85(90)98-76-83(104-86(91)71-65-59-53-47-41-36-31-28-25-24-26-29-33-38-43-49-55-61-67-79(3)4)78-102-106(95,96)100-74-81(88)73-99-105(93,94)101-77-82(75-97-84(89)69-63-57-51-45-18-16-14-12-10-8-2)103-87(92)72-66-60-54-48-42-37-32-34-39-44-50-56-62-68-80(5)6/h79-83,88H,7-78H2,1-6H3,(H,93,94)(H,95,96)/t81-,82+,83+/m0/s1. The summed E-state index contributed by atoms with van der Waals surface area (Å²) in [6, 6.07) is 0. The number of hydrogen-bond acceptors (Lipinski definition) is 15. The zero-order chi connectivity index (χ0) is 77.8. The maximum atomic E-state index is 13.2. The summed E-state index contributed by atoms with van der Waals surface area (Å²) < 4.78 is 68.9. The lowest BCUT2D eigenvalue weighted by atomic mass is 10.0. The quantitative estimate of drug-likeness (QED) is 0.0222. The van der Waals surface area contributed by atoms with Gasteiger partial charge in [0.25, 0.3) is 0 Å². The minimum absolute atomic E-state index is 0.108. The molecule has 0 saturated carbocycles. The Balaban J connectivity index is 5.22. The fraction of sp³-hybridized carbons (Fsp3) is 0.954. The van der Waals surface area contributed by atoms with E-state index in [1.165, 1.54) is 283 Å². The zero-order valence-corrected chi connectivity index (χ0v) is 71.5. The van der Waals surface area contributed by atoms with Gasteiger partial charge in [0.2, 0.25) is 0 Å². The summed E-state index contributed by atoms with van der Waals surface area (Å²) in [5.74, 6) is -0.494. The first-order valence-electron chi connectivity index (χ1n) is 45.0. The molecule has 2 unspecified atom stereocenters. The summed E-state index contributed by atoms with van der Waals surface area (Å²) in [5, 5.41) is 10.7. The minimum Gasteiger partial charge on any atom is -0.462 e. The van der Waals surface area contributed by atoms with E-state index in [1.54, 1.807) is 0 Å². The van der Waals surface area contributed by atoms with Gasteiger partial charge in [0.15, 0.2) is 12.2 Å². The molecule has 17 nitrogen and oxygen atoms in total. The van der Waals surface area contributed by atoms with Crippen LogP contribution >= 0.6 is 15.6 Å². The molecular weight excluding hydrogens is 1380 g/mol. The maximum Gasteiger partial charge on any atom is 0.472 e. The van der Waals surface area contributed by atoms with E-state index in [1.807, 2.05) is 0 Å². The summed E-state index contributed by atoms with van der Waals surface area (Å²) in [4.78, 5) is 73.2. The molecular formula is C87H170O17P2. The summed E-state index contributed by atoms with van der Waals surface area (Å²) in [7, 11) is -9.93. The zero-order valence-electron chi connectivity index (χ0n) is 69.7. The Kier molecular flexibility index (Phi) is 76.9. The van der Waals surface area contributed by atoms with Crippen molar-refractivity contribution >= 4 is 39.5 Å². The van der Waals surface area contributed by atoms with Crippen molar-refractivity contribution in [1.82, 2.24) is 0 Å². The second-order valence-corrected chi connectivity index (χ2v) is 35.1. The first kappa shape index (κ1) is 104. The van der Waals surface area contributed by atoms with Gasteiger partial charge in [-0.15, -0.1) is 0 Å².